The molecule has 1 atom stereocenters. The molecule has 0 saturated heterocycles. The second-order valence-corrected chi connectivity index (χ2v) is 4.12. The zero-order chi connectivity index (χ0) is 8.55. The smallest absolute Gasteiger partial charge is 0.256 e. The molecule has 0 radical (unpaired) electrons. The average Bonchev–Trinajstić information content (AvgIpc) is 2.78. The number of amides is 1. The molecular formula is C8H11NO2S. The summed E-state index contributed by atoms with van der Waals surface area (Å²) in [6.07, 6.45) is 2.53. The highest BCUT2D eigenvalue weighted by molar-refractivity contribution is 8.15. The van der Waals surface area contributed by atoms with Crippen LogP contribution in [0.1, 0.15) is 12.8 Å². The molecule has 1 unspecified atom stereocenters. The van der Waals surface area contributed by atoms with Gasteiger partial charge in [-0.25, -0.2) is 4.99 Å². The van der Waals surface area contributed by atoms with Crippen LogP contribution < -0.4 is 0 Å². The lowest BCUT2D eigenvalue weighted by atomic mass is 10.2. The van der Waals surface area contributed by atoms with Gasteiger partial charge >= 0.3 is 0 Å². The molecule has 0 N–H and O–H groups in total. The van der Waals surface area contributed by atoms with Crippen molar-refractivity contribution in [2.75, 3.05) is 12.9 Å². The van der Waals surface area contributed by atoms with Gasteiger partial charge in [-0.2, -0.15) is 0 Å². The molecule has 0 aromatic carbocycles. The lowest BCUT2D eigenvalue weighted by Crippen LogP contribution is -2.21. The van der Waals surface area contributed by atoms with Crippen molar-refractivity contribution in [3.63, 3.8) is 0 Å². The minimum absolute atomic E-state index is 0.0160. The van der Waals surface area contributed by atoms with Gasteiger partial charge < -0.3 is 4.74 Å². The first-order valence-electron chi connectivity index (χ1n) is 4.08. The molecular weight excluding hydrogens is 174 g/mol. The molecule has 66 valence electrons. The summed E-state index contributed by atoms with van der Waals surface area (Å²) >= 11 is 1.53. The number of rotatable bonds is 3. The summed E-state index contributed by atoms with van der Waals surface area (Å²) in [5.74, 6) is 1.10. The van der Waals surface area contributed by atoms with Gasteiger partial charge in [0.25, 0.3) is 5.91 Å². The van der Waals surface area contributed by atoms with Crippen molar-refractivity contribution in [3.05, 3.63) is 0 Å². The van der Waals surface area contributed by atoms with Gasteiger partial charge in [0.2, 0.25) is 0 Å². The third-order valence-corrected chi connectivity index (χ3v) is 3.14. The fourth-order valence-electron chi connectivity index (χ4n) is 1.36. The van der Waals surface area contributed by atoms with Crippen molar-refractivity contribution in [2.45, 2.75) is 18.9 Å². The van der Waals surface area contributed by atoms with Gasteiger partial charge in [-0.05, 0) is 18.8 Å². The SMILES string of the molecule is COC(C1=NC(=O)CS1)C1CC1. The Labute approximate surface area is 75.6 Å². The minimum atomic E-state index is -0.0160. The van der Waals surface area contributed by atoms with Gasteiger partial charge in [0, 0.05) is 7.11 Å². The van der Waals surface area contributed by atoms with E-state index in [1.807, 2.05) is 0 Å². The van der Waals surface area contributed by atoms with Crippen LogP contribution in [-0.2, 0) is 9.53 Å². The topological polar surface area (TPSA) is 38.7 Å². The molecule has 1 fully saturated rings. The van der Waals surface area contributed by atoms with E-state index >= 15 is 0 Å². The molecule has 0 spiro atoms. The zero-order valence-corrected chi connectivity index (χ0v) is 7.76. The van der Waals surface area contributed by atoms with E-state index in [-0.39, 0.29) is 12.0 Å². The number of aliphatic imine (C=N–C) groups is 1. The Morgan fingerprint density at radius 2 is 2.42 bits per heavy atom. The first kappa shape index (κ1) is 8.26. The van der Waals surface area contributed by atoms with E-state index in [1.54, 1.807) is 7.11 Å². The average molecular weight is 185 g/mol. The number of ether oxygens (including phenoxy) is 1. The summed E-state index contributed by atoms with van der Waals surface area (Å²) in [5.41, 5.74) is 0. The van der Waals surface area contributed by atoms with Crippen molar-refractivity contribution in [1.82, 2.24) is 0 Å². The van der Waals surface area contributed by atoms with Gasteiger partial charge in [0.05, 0.1) is 5.75 Å². The Morgan fingerprint density at radius 3 is 2.83 bits per heavy atom. The summed E-state index contributed by atoms with van der Waals surface area (Å²) in [5, 5.41) is 0.894. The highest BCUT2D eigenvalue weighted by atomic mass is 32.2. The maximum atomic E-state index is 10.9. The van der Waals surface area contributed by atoms with Crippen molar-refractivity contribution >= 4 is 22.7 Å². The summed E-state index contributed by atoms with van der Waals surface area (Å²) in [6.45, 7) is 0. The van der Waals surface area contributed by atoms with Crippen molar-refractivity contribution < 1.29 is 9.53 Å². The van der Waals surface area contributed by atoms with E-state index < -0.39 is 0 Å². The van der Waals surface area contributed by atoms with Crippen LogP contribution in [0, 0.1) is 5.92 Å². The third kappa shape index (κ3) is 1.54. The van der Waals surface area contributed by atoms with Gasteiger partial charge in [-0.1, -0.05) is 11.8 Å². The number of hydrogen-bond acceptors (Lipinski definition) is 3. The van der Waals surface area contributed by atoms with Crippen molar-refractivity contribution in [2.24, 2.45) is 10.9 Å². The summed E-state index contributed by atoms with van der Waals surface area (Å²) in [4.78, 5) is 14.8. The number of nitrogens with zero attached hydrogens (tertiary/aromatic N) is 1. The van der Waals surface area contributed by atoms with Crippen LogP contribution in [-0.4, -0.2) is 29.9 Å². The Hall–Kier alpha value is -0.350. The summed E-state index contributed by atoms with van der Waals surface area (Å²) in [6, 6.07) is 0. The fraction of sp³-hybridized carbons (Fsp3) is 0.750. The maximum absolute atomic E-state index is 10.9. The molecule has 0 aromatic heterocycles. The van der Waals surface area contributed by atoms with Crippen LogP contribution >= 0.6 is 11.8 Å². The van der Waals surface area contributed by atoms with Gasteiger partial charge in [-0.15, -0.1) is 0 Å². The van der Waals surface area contributed by atoms with Crippen LogP contribution in [0.3, 0.4) is 0 Å². The Bertz CT molecular complexity index is 235. The highest BCUT2D eigenvalue weighted by Crippen LogP contribution is 2.37. The second kappa shape index (κ2) is 3.18. The van der Waals surface area contributed by atoms with Crippen LogP contribution in [0.5, 0.6) is 0 Å². The molecule has 2 aliphatic rings. The molecule has 1 aliphatic heterocycles. The highest BCUT2D eigenvalue weighted by Gasteiger charge is 2.37. The van der Waals surface area contributed by atoms with Crippen LogP contribution in [0.15, 0.2) is 4.99 Å². The number of methoxy groups -OCH3 is 1. The molecule has 0 aromatic rings. The Balaban J connectivity index is 2.05. The maximum Gasteiger partial charge on any atom is 0.256 e. The van der Waals surface area contributed by atoms with E-state index in [2.05, 4.69) is 4.99 Å². The number of carbonyl (C=O) groups is 1. The molecule has 0 bridgehead atoms. The molecule has 12 heavy (non-hydrogen) atoms. The van der Waals surface area contributed by atoms with E-state index in [9.17, 15) is 4.79 Å². The van der Waals surface area contributed by atoms with Gasteiger partial charge in [0.15, 0.2) is 0 Å². The Kier molecular flexibility index (Phi) is 2.19. The van der Waals surface area contributed by atoms with Crippen molar-refractivity contribution in [3.8, 4) is 0 Å². The number of carbonyl (C=O) groups excluding carboxylic acids is 1. The van der Waals surface area contributed by atoms with Crippen LogP contribution in [0.4, 0.5) is 0 Å². The van der Waals surface area contributed by atoms with E-state index in [4.69, 9.17) is 4.74 Å². The van der Waals surface area contributed by atoms with E-state index in [1.165, 1.54) is 24.6 Å². The third-order valence-electron chi connectivity index (χ3n) is 2.13. The van der Waals surface area contributed by atoms with Gasteiger partial charge in [-0.3, -0.25) is 4.79 Å². The van der Waals surface area contributed by atoms with E-state index in [0.29, 0.717) is 11.7 Å². The molecule has 1 heterocycles. The molecule has 1 saturated carbocycles. The molecule has 4 heteroatoms. The largest absolute Gasteiger partial charge is 0.374 e. The second-order valence-electron chi connectivity index (χ2n) is 3.13. The Morgan fingerprint density at radius 1 is 1.67 bits per heavy atom. The zero-order valence-electron chi connectivity index (χ0n) is 6.95. The van der Waals surface area contributed by atoms with Crippen LogP contribution in [0.25, 0.3) is 0 Å². The normalized spacial score (nSPS) is 25.8. The number of thioether (sulfide) groups is 1. The minimum Gasteiger partial charge on any atom is -0.374 e. The fourth-order valence-corrected chi connectivity index (χ4v) is 2.32. The predicted octanol–water partition coefficient (Wildman–Crippen LogP) is 1.08. The van der Waals surface area contributed by atoms with Gasteiger partial charge in [0.1, 0.15) is 11.1 Å². The quantitative estimate of drug-likeness (QED) is 0.660. The van der Waals surface area contributed by atoms with Crippen LogP contribution in [0.2, 0.25) is 0 Å². The lowest BCUT2D eigenvalue weighted by molar-refractivity contribution is -0.115. The molecule has 1 amide bonds. The van der Waals surface area contributed by atoms with E-state index in [0.717, 1.165) is 5.04 Å². The molecule has 3 nitrogen and oxygen atoms in total. The number of hydrogen-bond donors (Lipinski definition) is 0. The first-order chi connectivity index (χ1) is 5.81. The first-order valence-corrected chi connectivity index (χ1v) is 5.07. The van der Waals surface area contributed by atoms with Crippen molar-refractivity contribution in [1.29, 1.82) is 0 Å². The molecule has 2 rings (SSSR count). The monoisotopic (exact) mass is 185 g/mol. The summed E-state index contributed by atoms with van der Waals surface area (Å²) < 4.78 is 5.30. The molecule has 1 aliphatic carbocycles. The predicted molar refractivity (Wildman–Crippen MR) is 48.4 cm³/mol. The summed E-state index contributed by atoms with van der Waals surface area (Å²) in [7, 11) is 1.69. The standard InChI is InChI=1S/C8H11NO2S/c1-11-7(5-2-3-5)8-9-6(10)4-12-8/h5,7H,2-4H2,1H3. The lowest BCUT2D eigenvalue weighted by Gasteiger charge is -2.12.